The molecule has 0 unspecified atom stereocenters. The third-order valence-corrected chi connectivity index (χ3v) is 2.43. The fourth-order valence-electron chi connectivity index (χ4n) is 1.40. The van der Waals surface area contributed by atoms with Gasteiger partial charge in [0.25, 0.3) is 0 Å². The lowest BCUT2D eigenvalue weighted by atomic mass is 9.98. The first kappa shape index (κ1) is 11.0. The highest BCUT2D eigenvalue weighted by Crippen LogP contribution is 2.34. The summed E-state index contributed by atoms with van der Waals surface area (Å²) in [5.41, 5.74) is 0. The first-order valence-corrected chi connectivity index (χ1v) is 4.94. The molecular weight excluding hydrogens is 182 g/mol. The minimum Gasteiger partial charge on any atom is -0.453 e. The van der Waals surface area contributed by atoms with Crippen molar-refractivity contribution in [2.24, 2.45) is 11.8 Å². The van der Waals surface area contributed by atoms with Gasteiger partial charge in [0.1, 0.15) is 0 Å². The van der Waals surface area contributed by atoms with E-state index in [1.165, 1.54) is 7.11 Å². The van der Waals surface area contributed by atoms with E-state index in [0.29, 0.717) is 5.92 Å². The van der Waals surface area contributed by atoms with E-state index in [9.17, 15) is 9.59 Å². The monoisotopic (exact) mass is 201 g/mol. The molecule has 1 saturated carbocycles. The maximum atomic E-state index is 11.7. The molecule has 1 atom stereocenters. The molecular formula is C10H19NO3. The Bertz CT molecular complexity index is 239. The molecule has 0 aromatic heterocycles. The number of hydrogen-bond donors (Lipinski definition) is 1. The molecule has 1 aliphatic rings. The zero-order valence-electron chi connectivity index (χ0n) is 8.87. The number of alkyl carbamates (subject to hydrolysis) is 1. The van der Waals surface area contributed by atoms with Crippen LogP contribution in [0.5, 0.6) is 0 Å². The lowest BCUT2D eigenvalue weighted by Gasteiger charge is -2.17. The molecule has 1 rings (SSSR count). The second kappa shape index (κ2) is 4.44. The van der Waals surface area contributed by atoms with Crippen molar-refractivity contribution < 1.29 is 15.8 Å². The van der Waals surface area contributed by atoms with Gasteiger partial charge in [-0.15, -0.1) is 0 Å². The van der Waals surface area contributed by atoms with Gasteiger partial charge in [-0.25, -0.2) is 4.79 Å². The van der Waals surface area contributed by atoms with Crippen molar-refractivity contribution in [3.63, 3.8) is 0 Å². The molecule has 0 heterocycles. The minimum absolute atomic E-state index is 0. The number of amides is 1. The van der Waals surface area contributed by atoms with Gasteiger partial charge in [0.15, 0.2) is 5.78 Å². The van der Waals surface area contributed by atoms with Crippen molar-refractivity contribution in [2.45, 2.75) is 32.7 Å². The van der Waals surface area contributed by atoms with Gasteiger partial charge in [-0.1, -0.05) is 13.8 Å². The van der Waals surface area contributed by atoms with Crippen molar-refractivity contribution in [3.8, 4) is 0 Å². The summed E-state index contributed by atoms with van der Waals surface area (Å²) < 4.78 is 4.49. The van der Waals surface area contributed by atoms with Crippen LogP contribution < -0.4 is 5.32 Å². The maximum Gasteiger partial charge on any atom is 0.407 e. The van der Waals surface area contributed by atoms with Gasteiger partial charge < -0.3 is 10.1 Å². The molecule has 82 valence electrons. The average molecular weight is 201 g/mol. The Kier molecular flexibility index (Phi) is 3.49. The smallest absolute Gasteiger partial charge is 0.407 e. The third-order valence-electron chi connectivity index (χ3n) is 2.43. The highest BCUT2D eigenvalue weighted by Gasteiger charge is 2.38. The molecule has 0 aromatic carbocycles. The molecule has 0 aliphatic heterocycles. The summed E-state index contributed by atoms with van der Waals surface area (Å²) in [6, 6.07) is -0.345. The number of ketones is 1. The second-order valence-corrected chi connectivity index (χ2v) is 4.01. The number of methoxy groups -OCH3 is 1. The zero-order chi connectivity index (χ0) is 10.7. The maximum absolute atomic E-state index is 11.7. The Balaban J connectivity index is 0.00000196. The molecule has 1 fully saturated rings. The van der Waals surface area contributed by atoms with E-state index in [1.54, 1.807) is 0 Å². The average Bonchev–Trinajstić information content (AvgIpc) is 2.95. The van der Waals surface area contributed by atoms with E-state index < -0.39 is 6.09 Å². The van der Waals surface area contributed by atoms with Gasteiger partial charge in [0.2, 0.25) is 0 Å². The molecule has 1 aliphatic carbocycles. The Morgan fingerprint density at radius 2 is 2.00 bits per heavy atom. The van der Waals surface area contributed by atoms with Crippen LogP contribution in [0.4, 0.5) is 4.79 Å². The van der Waals surface area contributed by atoms with Crippen molar-refractivity contribution in [1.29, 1.82) is 0 Å². The van der Waals surface area contributed by atoms with Crippen molar-refractivity contribution in [3.05, 3.63) is 0 Å². The van der Waals surface area contributed by atoms with Crippen LogP contribution in [0.15, 0.2) is 0 Å². The summed E-state index contributed by atoms with van der Waals surface area (Å²) in [4.78, 5) is 22.7. The van der Waals surface area contributed by atoms with Crippen LogP contribution in [0, 0.1) is 11.8 Å². The number of ether oxygens (including phenoxy) is 1. The van der Waals surface area contributed by atoms with Crippen LogP contribution in [0.3, 0.4) is 0 Å². The lowest BCUT2D eigenvalue weighted by molar-refractivity contribution is -0.124. The molecule has 4 nitrogen and oxygen atoms in total. The number of Topliss-reactive ketones (excluding diaryl/α,β-unsaturated/α-hetero) is 1. The van der Waals surface area contributed by atoms with Crippen molar-refractivity contribution in [2.75, 3.05) is 7.11 Å². The summed E-state index contributed by atoms with van der Waals surface area (Å²) in [5.74, 6) is 0.375. The van der Waals surface area contributed by atoms with Crippen molar-refractivity contribution in [1.82, 2.24) is 5.32 Å². The Morgan fingerprint density at radius 1 is 1.43 bits per heavy atom. The second-order valence-electron chi connectivity index (χ2n) is 4.01. The molecule has 0 aromatic rings. The molecule has 1 amide bonds. The van der Waals surface area contributed by atoms with Crippen LogP contribution in [0.25, 0.3) is 0 Å². The molecule has 0 bridgehead atoms. The highest BCUT2D eigenvalue weighted by atomic mass is 16.5. The lowest BCUT2D eigenvalue weighted by Crippen LogP contribution is -2.44. The minimum atomic E-state index is -0.518. The van der Waals surface area contributed by atoms with Gasteiger partial charge in [-0.3, -0.25) is 4.79 Å². The van der Waals surface area contributed by atoms with Crippen LogP contribution in [0.1, 0.15) is 28.1 Å². The van der Waals surface area contributed by atoms with E-state index in [-0.39, 0.29) is 19.2 Å². The van der Waals surface area contributed by atoms with Gasteiger partial charge in [0.05, 0.1) is 13.2 Å². The highest BCUT2D eigenvalue weighted by molar-refractivity contribution is 5.89. The topological polar surface area (TPSA) is 55.4 Å². The van der Waals surface area contributed by atoms with Gasteiger partial charge >= 0.3 is 6.09 Å². The number of nitrogens with one attached hydrogen (secondary N) is 1. The van der Waals surface area contributed by atoms with E-state index in [4.69, 9.17) is 0 Å². The summed E-state index contributed by atoms with van der Waals surface area (Å²) in [5, 5.41) is 2.60. The fraction of sp³-hybridized carbons (Fsp3) is 0.800. The van der Waals surface area contributed by atoms with E-state index in [0.717, 1.165) is 12.8 Å². The molecule has 1 N–H and O–H groups in total. The first-order chi connectivity index (χ1) is 6.56. The van der Waals surface area contributed by atoms with Crippen LogP contribution in [-0.2, 0) is 9.53 Å². The molecule has 0 radical (unpaired) electrons. The summed E-state index contributed by atoms with van der Waals surface area (Å²) in [6.45, 7) is 3.69. The number of carbonyl (C=O) groups is 2. The largest absolute Gasteiger partial charge is 0.453 e. The summed E-state index contributed by atoms with van der Waals surface area (Å²) in [7, 11) is 1.30. The molecule has 0 spiro atoms. The van der Waals surface area contributed by atoms with Crippen LogP contribution in [0.2, 0.25) is 0 Å². The SMILES string of the molecule is COC(=O)N[C@@H](C(=O)C(C)C)C1CC1.[HH]. The van der Waals surface area contributed by atoms with Crippen LogP contribution >= 0.6 is 0 Å². The van der Waals surface area contributed by atoms with Gasteiger partial charge in [0, 0.05) is 7.34 Å². The number of rotatable bonds is 4. The standard InChI is InChI=1S/C10H17NO3.H2/c1-6(2)9(12)8(7-4-5-7)11-10(13)14-3;/h6-8H,4-5H2,1-3H3,(H,11,13);1H/t8-;/m1./s1. The Labute approximate surface area is 85.5 Å². The van der Waals surface area contributed by atoms with E-state index in [1.807, 2.05) is 13.8 Å². The fourth-order valence-corrected chi connectivity index (χ4v) is 1.40. The number of carbonyl (C=O) groups excluding carboxylic acids is 2. The Hall–Kier alpha value is -1.06. The predicted molar refractivity (Wildman–Crippen MR) is 54.0 cm³/mol. The zero-order valence-corrected chi connectivity index (χ0v) is 8.87. The first-order valence-electron chi connectivity index (χ1n) is 4.94. The molecule has 0 saturated heterocycles. The van der Waals surface area contributed by atoms with Gasteiger partial charge in [-0.2, -0.15) is 0 Å². The summed E-state index contributed by atoms with van der Waals surface area (Å²) >= 11 is 0. The quantitative estimate of drug-likeness (QED) is 0.751. The van der Waals surface area contributed by atoms with Crippen LogP contribution in [-0.4, -0.2) is 25.0 Å². The predicted octanol–water partition coefficient (Wildman–Crippen LogP) is 1.59. The van der Waals surface area contributed by atoms with E-state index in [2.05, 4.69) is 10.1 Å². The van der Waals surface area contributed by atoms with E-state index >= 15 is 0 Å². The summed E-state index contributed by atoms with van der Waals surface area (Å²) in [6.07, 6.45) is 1.52. The van der Waals surface area contributed by atoms with Crippen molar-refractivity contribution >= 4 is 11.9 Å². The number of hydrogen-bond acceptors (Lipinski definition) is 3. The van der Waals surface area contributed by atoms with Gasteiger partial charge in [-0.05, 0) is 18.8 Å². The normalized spacial score (nSPS) is 17.7. The Morgan fingerprint density at radius 3 is 2.36 bits per heavy atom. The molecule has 14 heavy (non-hydrogen) atoms. The third kappa shape index (κ3) is 2.72. The molecule has 4 heteroatoms.